The third kappa shape index (κ3) is 3.86. The Morgan fingerprint density at radius 1 is 0.763 bits per heavy atom. The van der Waals surface area contributed by atoms with Gasteiger partial charge in [0.2, 0.25) is 5.71 Å². The van der Waals surface area contributed by atoms with Crippen LogP contribution in [0.1, 0.15) is 82.9 Å². The molecular weight excluding hydrogens is 466 g/mol. The predicted octanol–water partition coefficient (Wildman–Crippen LogP) is 9.60. The minimum Gasteiger partial charge on any atom is -0.437 e. The molecule has 0 fully saturated rings. The van der Waals surface area contributed by atoms with E-state index in [1.165, 1.54) is 21.9 Å². The summed E-state index contributed by atoms with van der Waals surface area (Å²) < 4.78 is 6.47. The van der Waals surface area contributed by atoms with Crippen molar-refractivity contribution in [1.29, 1.82) is 0 Å². The number of hydrogen-bond donors (Lipinski definition) is 0. The summed E-state index contributed by atoms with van der Waals surface area (Å²) in [5.74, 6) is 1.36. The van der Waals surface area contributed by atoms with E-state index in [1.54, 1.807) is 0 Å². The Kier molecular flexibility index (Phi) is 5.57. The second-order valence-corrected chi connectivity index (χ2v) is 12.2. The zero-order valence-electron chi connectivity index (χ0n) is 23.6. The molecule has 0 spiro atoms. The van der Waals surface area contributed by atoms with E-state index < -0.39 is 0 Å². The van der Waals surface area contributed by atoms with Crippen LogP contribution in [-0.2, 0) is 5.41 Å². The van der Waals surface area contributed by atoms with E-state index in [0.29, 0.717) is 11.6 Å². The van der Waals surface area contributed by atoms with Gasteiger partial charge >= 0.3 is 0 Å². The van der Waals surface area contributed by atoms with E-state index in [0.717, 1.165) is 50.0 Å². The number of aryl methyl sites for hydroxylation is 1. The Hall–Kier alpha value is -3.79. The molecule has 4 heteroatoms. The number of hydrogen-bond acceptors (Lipinski definition) is 4. The molecule has 0 radical (unpaired) electrons. The van der Waals surface area contributed by atoms with Crippen LogP contribution in [0.15, 0.2) is 59.0 Å². The normalized spacial score (nSPS) is 12.7. The molecule has 0 aliphatic rings. The minimum atomic E-state index is 0.0776. The molecule has 0 bridgehead atoms. The molecule has 38 heavy (non-hydrogen) atoms. The second-order valence-electron chi connectivity index (χ2n) is 12.2. The van der Waals surface area contributed by atoms with Gasteiger partial charge in [-0.2, -0.15) is 0 Å². The SMILES string of the molecule is Cc1cc(C(C)(C)C)cc2ccc3c(-c4cccc5c4oc4nc(C(C)C)ccc45)nc(C(C)C)nc3c12. The van der Waals surface area contributed by atoms with E-state index in [4.69, 9.17) is 19.4 Å². The molecule has 6 aromatic rings. The van der Waals surface area contributed by atoms with Crippen molar-refractivity contribution in [3.05, 3.63) is 77.2 Å². The Labute approximate surface area is 224 Å². The number of fused-ring (bicyclic) bond motifs is 6. The molecule has 0 saturated carbocycles. The van der Waals surface area contributed by atoms with Gasteiger partial charge in [-0.15, -0.1) is 0 Å². The quantitative estimate of drug-likeness (QED) is 0.227. The Balaban J connectivity index is 1.69. The highest BCUT2D eigenvalue weighted by Gasteiger charge is 2.21. The van der Waals surface area contributed by atoms with Gasteiger partial charge in [0.05, 0.1) is 11.2 Å². The van der Waals surface area contributed by atoms with Crippen LogP contribution >= 0.6 is 0 Å². The van der Waals surface area contributed by atoms with Gasteiger partial charge in [-0.3, -0.25) is 0 Å². The van der Waals surface area contributed by atoms with Crippen molar-refractivity contribution in [3.63, 3.8) is 0 Å². The van der Waals surface area contributed by atoms with Crippen LogP contribution in [0, 0.1) is 6.92 Å². The highest BCUT2D eigenvalue weighted by Crippen LogP contribution is 2.40. The van der Waals surface area contributed by atoms with Crippen LogP contribution in [0.3, 0.4) is 0 Å². The zero-order valence-corrected chi connectivity index (χ0v) is 23.6. The molecule has 0 unspecified atom stereocenters. The lowest BCUT2D eigenvalue weighted by Gasteiger charge is -2.21. The van der Waals surface area contributed by atoms with Crippen LogP contribution in [0.4, 0.5) is 0 Å². The maximum Gasteiger partial charge on any atom is 0.227 e. The number of furan rings is 1. The molecule has 3 heterocycles. The molecule has 0 aliphatic heterocycles. The number of aromatic nitrogens is 3. The largest absolute Gasteiger partial charge is 0.437 e. The summed E-state index contributed by atoms with van der Waals surface area (Å²) in [4.78, 5) is 15.1. The average molecular weight is 502 g/mol. The molecule has 3 aromatic heterocycles. The van der Waals surface area contributed by atoms with Crippen LogP contribution in [0.5, 0.6) is 0 Å². The first kappa shape index (κ1) is 24.5. The maximum absolute atomic E-state index is 6.47. The minimum absolute atomic E-state index is 0.0776. The van der Waals surface area contributed by atoms with Gasteiger partial charge in [0.25, 0.3) is 0 Å². The summed E-state index contributed by atoms with van der Waals surface area (Å²) in [6, 6.07) is 19.6. The van der Waals surface area contributed by atoms with E-state index in [1.807, 2.05) is 0 Å². The molecule has 4 nitrogen and oxygen atoms in total. The third-order valence-electron chi connectivity index (χ3n) is 7.61. The van der Waals surface area contributed by atoms with Gasteiger partial charge in [-0.05, 0) is 59.0 Å². The Bertz CT molecular complexity index is 1870. The van der Waals surface area contributed by atoms with Crippen LogP contribution in [0.25, 0.3) is 55.0 Å². The fourth-order valence-corrected chi connectivity index (χ4v) is 5.38. The van der Waals surface area contributed by atoms with Gasteiger partial charge in [0, 0.05) is 38.7 Å². The number of para-hydroxylation sites is 1. The van der Waals surface area contributed by atoms with Gasteiger partial charge in [-0.25, -0.2) is 15.0 Å². The molecule has 6 rings (SSSR count). The molecule has 0 aliphatic carbocycles. The number of pyridine rings is 1. The highest BCUT2D eigenvalue weighted by molar-refractivity contribution is 6.14. The summed E-state index contributed by atoms with van der Waals surface area (Å²) in [6.45, 7) is 17.6. The van der Waals surface area contributed by atoms with Crippen LogP contribution in [0.2, 0.25) is 0 Å². The van der Waals surface area contributed by atoms with E-state index >= 15 is 0 Å². The molecule has 0 N–H and O–H groups in total. The fourth-order valence-electron chi connectivity index (χ4n) is 5.38. The standard InChI is InChI=1S/C34H35N3O/c1-18(2)27-15-14-24-23-10-9-11-26(31(23)38-33(24)35-27)29-25-13-12-21-17-22(34(6,7)8)16-20(5)28(21)30(25)37-32(36-29)19(3)4/h9-19H,1-8H3. The van der Waals surface area contributed by atoms with E-state index in [-0.39, 0.29) is 11.3 Å². The average Bonchev–Trinajstić information content (AvgIpc) is 3.25. The smallest absolute Gasteiger partial charge is 0.227 e. The first-order valence-electron chi connectivity index (χ1n) is 13.6. The molecule has 0 atom stereocenters. The van der Waals surface area contributed by atoms with Crippen molar-refractivity contribution in [1.82, 2.24) is 15.0 Å². The summed E-state index contributed by atoms with van der Waals surface area (Å²) in [6.07, 6.45) is 0. The first-order valence-corrected chi connectivity index (χ1v) is 13.6. The lowest BCUT2D eigenvalue weighted by Crippen LogP contribution is -2.11. The molecular formula is C34H35N3O. The van der Waals surface area contributed by atoms with Crippen molar-refractivity contribution in [3.8, 4) is 11.3 Å². The van der Waals surface area contributed by atoms with Crippen molar-refractivity contribution < 1.29 is 4.42 Å². The second kappa shape index (κ2) is 8.62. The molecule has 0 saturated heterocycles. The topological polar surface area (TPSA) is 51.8 Å². The van der Waals surface area contributed by atoms with Crippen LogP contribution in [-0.4, -0.2) is 15.0 Å². The molecule has 192 valence electrons. The lowest BCUT2D eigenvalue weighted by atomic mass is 9.84. The third-order valence-corrected chi connectivity index (χ3v) is 7.61. The summed E-state index contributed by atoms with van der Waals surface area (Å²) in [5.41, 5.74) is 8.08. The van der Waals surface area contributed by atoms with Gasteiger partial charge < -0.3 is 4.42 Å². The zero-order chi connectivity index (χ0) is 26.9. The number of nitrogens with zero attached hydrogens (tertiary/aromatic N) is 3. The van der Waals surface area contributed by atoms with Crippen molar-refractivity contribution >= 4 is 43.7 Å². The summed E-state index contributed by atoms with van der Waals surface area (Å²) >= 11 is 0. The Morgan fingerprint density at radius 3 is 2.24 bits per heavy atom. The van der Waals surface area contributed by atoms with Crippen molar-refractivity contribution in [2.45, 2.75) is 72.6 Å². The monoisotopic (exact) mass is 501 g/mol. The van der Waals surface area contributed by atoms with Crippen LogP contribution < -0.4 is 0 Å². The number of benzene rings is 3. The van der Waals surface area contributed by atoms with Gasteiger partial charge in [0.15, 0.2) is 0 Å². The van der Waals surface area contributed by atoms with Crippen molar-refractivity contribution in [2.75, 3.05) is 0 Å². The van der Waals surface area contributed by atoms with Gasteiger partial charge in [-0.1, -0.05) is 78.8 Å². The van der Waals surface area contributed by atoms with E-state index in [2.05, 4.69) is 110 Å². The van der Waals surface area contributed by atoms with Gasteiger partial charge in [0.1, 0.15) is 11.4 Å². The molecule has 0 amide bonds. The highest BCUT2D eigenvalue weighted by atomic mass is 16.3. The van der Waals surface area contributed by atoms with E-state index in [9.17, 15) is 0 Å². The number of rotatable bonds is 3. The fraction of sp³-hybridized carbons (Fsp3) is 0.324. The summed E-state index contributed by atoms with van der Waals surface area (Å²) in [7, 11) is 0. The summed E-state index contributed by atoms with van der Waals surface area (Å²) in [5, 5.41) is 5.54. The van der Waals surface area contributed by atoms with Crippen molar-refractivity contribution in [2.24, 2.45) is 0 Å². The molecule has 3 aromatic carbocycles. The maximum atomic E-state index is 6.47. The lowest BCUT2D eigenvalue weighted by molar-refractivity contribution is 0.590. The first-order chi connectivity index (χ1) is 18.0. The Morgan fingerprint density at radius 2 is 1.53 bits per heavy atom. The predicted molar refractivity (Wildman–Crippen MR) is 159 cm³/mol.